The Hall–Kier alpha value is -1.08. The summed E-state index contributed by atoms with van der Waals surface area (Å²) in [5.74, 6) is 0.683. The van der Waals surface area contributed by atoms with Crippen LogP contribution >= 0.6 is 0 Å². The molecule has 0 bridgehead atoms. The van der Waals surface area contributed by atoms with E-state index in [1.54, 1.807) is 0 Å². The number of hydrogen-bond donors (Lipinski definition) is 1. The number of benzene rings is 1. The average Bonchev–Trinajstić information content (AvgIpc) is 2.17. The van der Waals surface area contributed by atoms with Crippen LogP contribution in [-0.2, 0) is 6.42 Å². The molecule has 1 aliphatic carbocycles. The Morgan fingerprint density at radius 2 is 2.27 bits per heavy atom. The molecule has 0 heterocycles. The Kier molecular flexibility index (Phi) is 2.92. The minimum atomic E-state index is 0.553. The molecule has 1 heteroatoms. The van der Waals surface area contributed by atoms with Crippen LogP contribution in [0.15, 0.2) is 36.4 Å². The molecule has 0 saturated carbocycles. The molecule has 1 aromatic carbocycles. The molecule has 0 saturated heterocycles. The molecule has 0 amide bonds. The molecule has 1 nitrogen and oxygen atoms in total. The number of fused-ring (bicyclic) bond motifs is 1. The highest BCUT2D eigenvalue weighted by Gasteiger charge is 2.31. The van der Waals surface area contributed by atoms with Gasteiger partial charge in [0.15, 0.2) is 0 Å². The van der Waals surface area contributed by atoms with E-state index in [1.807, 2.05) is 0 Å². The molecule has 2 rings (SSSR count). The van der Waals surface area contributed by atoms with Crippen LogP contribution in [0, 0.1) is 0 Å². The third-order valence-corrected chi connectivity index (χ3v) is 3.32. The second-order valence-corrected chi connectivity index (χ2v) is 4.57. The van der Waals surface area contributed by atoms with Crippen LogP contribution in [0.5, 0.6) is 0 Å². The van der Waals surface area contributed by atoms with E-state index in [4.69, 9.17) is 0 Å². The van der Waals surface area contributed by atoms with E-state index < -0.39 is 0 Å². The van der Waals surface area contributed by atoms with E-state index in [-0.39, 0.29) is 0 Å². The fourth-order valence-corrected chi connectivity index (χ4v) is 2.48. The first-order valence-corrected chi connectivity index (χ1v) is 5.62. The normalized spacial score (nSPS) is 20.3. The van der Waals surface area contributed by atoms with Gasteiger partial charge in [-0.15, -0.1) is 6.58 Å². The zero-order valence-corrected chi connectivity index (χ0v) is 9.59. The van der Waals surface area contributed by atoms with E-state index in [2.05, 4.69) is 50.1 Å². The van der Waals surface area contributed by atoms with Crippen molar-refractivity contribution in [1.29, 1.82) is 0 Å². The van der Waals surface area contributed by atoms with Crippen molar-refractivity contribution < 1.29 is 0 Å². The van der Waals surface area contributed by atoms with Gasteiger partial charge in [-0.25, -0.2) is 0 Å². The van der Waals surface area contributed by atoms with Crippen molar-refractivity contribution in [3.63, 3.8) is 0 Å². The van der Waals surface area contributed by atoms with E-state index in [0.29, 0.717) is 12.0 Å². The Morgan fingerprint density at radius 3 is 2.87 bits per heavy atom. The van der Waals surface area contributed by atoms with E-state index in [9.17, 15) is 0 Å². The predicted octanol–water partition coefficient (Wildman–Crippen LogP) is 2.88. The molecule has 2 atom stereocenters. The van der Waals surface area contributed by atoms with Crippen molar-refractivity contribution in [3.05, 3.63) is 47.5 Å². The Morgan fingerprint density at radius 1 is 1.53 bits per heavy atom. The highest BCUT2D eigenvalue weighted by Crippen LogP contribution is 2.38. The lowest BCUT2D eigenvalue weighted by Gasteiger charge is -2.36. The monoisotopic (exact) mass is 201 g/mol. The van der Waals surface area contributed by atoms with E-state index in [1.165, 1.54) is 23.1 Å². The Balaban J connectivity index is 2.11. The largest absolute Gasteiger partial charge is 0.316 e. The summed E-state index contributed by atoms with van der Waals surface area (Å²) in [4.78, 5) is 0. The molecule has 15 heavy (non-hydrogen) atoms. The van der Waals surface area contributed by atoms with Crippen molar-refractivity contribution in [2.45, 2.75) is 31.7 Å². The van der Waals surface area contributed by atoms with Crippen molar-refractivity contribution in [2.75, 3.05) is 7.05 Å². The SMILES string of the molecule is C=C(C)CC(NC)C1Cc2ccccc21. The Bertz CT molecular complexity index is 367. The molecule has 80 valence electrons. The average molecular weight is 201 g/mol. The summed E-state index contributed by atoms with van der Waals surface area (Å²) in [6.07, 6.45) is 2.30. The van der Waals surface area contributed by atoms with Crippen LogP contribution in [0.2, 0.25) is 0 Å². The van der Waals surface area contributed by atoms with Crippen molar-refractivity contribution in [3.8, 4) is 0 Å². The lowest BCUT2D eigenvalue weighted by Crippen LogP contribution is -2.38. The van der Waals surface area contributed by atoms with Crippen LogP contribution in [0.25, 0.3) is 0 Å². The molecule has 0 aliphatic heterocycles. The highest BCUT2D eigenvalue weighted by molar-refractivity contribution is 5.41. The summed E-state index contributed by atoms with van der Waals surface area (Å²) in [5.41, 5.74) is 4.31. The van der Waals surface area contributed by atoms with Crippen molar-refractivity contribution >= 4 is 0 Å². The van der Waals surface area contributed by atoms with Crippen LogP contribution in [0.1, 0.15) is 30.4 Å². The number of hydrogen-bond acceptors (Lipinski definition) is 1. The van der Waals surface area contributed by atoms with Crippen LogP contribution in [0.3, 0.4) is 0 Å². The second kappa shape index (κ2) is 4.19. The topological polar surface area (TPSA) is 12.0 Å². The summed E-state index contributed by atoms with van der Waals surface area (Å²) in [5, 5.41) is 3.42. The second-order valence-electron chi connectivity index (χ2n) is 4.57. The molecule has 1 aromatic rings. The predicted molar refractivity (Wildman–Crippen MR) is 65.2 cm³/mol. The van der Waals surface area contributed by atoms with Crippen molar-refractivity contribution in [1.82, 2.24) is 5.32 Å². The molecule has 0 spiro atoms. The molecule has 0 radical (unpaired) electrons. The third kappa shape index (κ3) is 1.98. The zero-order valence-electron chi connectivity index (χ0n) is 9.59. The molecule has 2 unspecified atom stereocenters. The van der Waals surface area contributed by atoms with E-state index in [0.717, 1.165) is 6.42 Å². The number of likely N-dealkylation sites (N-methyl/N-ethyl adjacent to an activating group) is 1. The Labute approximate surface area is 92.2 Å². The number of nitrogens with one attached hydrogen (secondary N) is 1. The van der Waals surface area contributed by atoms with Gasteiger partial charge >= 0.3 is 0 Å². The first-order valence-electron chi connectivity index (χ1n) is 5.62. The van der Waals surface area contributed by atoms with Gasteiger partial charge in [0.25, 0.3) is 0 Å². The summed E-state index contributed by atoms with van der Waals surface area (Å²) in [6, 6.07) is 9.31. The summed E-state index contributed by atoms with van der Waals surface area (Å²) >= 11 is 0. The standard InChI is InChI=1S/C14H19N/c1-10(2)8-14(15-3)13-9-11-6-4-5-7-12(11)13/h4-7,13-15H,1,8-9H2,2-3H3. The molecular weight excluding hydrogens is 182 g/mol. The van der Waals surface area contributed by atoms with Gasteiger partial charge < -0.3 is 5.32 Å². The highest BCUT2D eigenvalue weighted by atomic mass is 14.9. The van der Waals surface area contributed by atoms with Gasteiger partial charge in [-0.3, -0.25) is 0 Å². The summed E-state index contributed by atoms with van der Waals surface area (Å²) in [7, 11) is 2.05. The van der Waals surface area contributed by atoms with Crippen LogP contribution in [-0.4, -0.2) is 13.1 Å². The smallest absolute Gasteiger partial charge is 0.0173 e. The van der Waals surface area contributed by atoms with Gasteiger partial charge in [-0.2, -0.15) is 0 Å². The van der Waals surface area contributed by atoms with Gasteiger partial charge in [-0.1, -0.05) is 29.8 Å². The minimum absolute atomic E-state index is 0.553. The van der Waals surface area contributed by atoms with Gasteiger partial charge in [0.1, 0.15) is 0 Å². The molecule has 0 fully saturated rings. The van der Waals surface area contributed by atoms with Gasteiger partial charge in [0.05, 0.1) is 0 Å². The van der Waals surface area contributed by atoms with Gasteiger partial charge in [0, 0.05) is 12.0 Å². The van der Waals surface area contributed by atoms with Crippen LogP contribution in [0.4, 0.5) is 0 Å². The zero-order chi connectivity index (χ0) is 10.8. The summed E-state index contributed by atoms with van der Waals surface area (Å²) < 4.78 is 0. The quantitative estimate of drug-likeness (QED) is 0.739. The van der Waals surface area contributed by atoms with Gasteiger partial charge in [0.2, 0.25) is 0 Å². The lowest BCUT2D eigenvalue weighted by atomic mass is 9.72. The fraction of sp³-hybridized carbons (Fsp3) is 0.429. The van der Waals surface area contributed by atoms with Crippen molar-refractivity contribution in [2.24, 2.45) is 0 Å². The molecule has 1 aliphatic rings. The number of rotatable bonds is 4. The fourth-order valence-electron chi connectivity index (χ4n) is 2.48. The van der Waals surface area contributed by atoms with Gasteiger partial charge in [-0.05, 0) is 37.9 Å². The first kappa shape index (κ1) is 10.4. The van der Waals surface area contributed by atoms with Crippen LogP contribution < -0.4 is 5.32 Å². The maximum atomic E-state index is 4.00. The lowest BCUT2D eigenvalue weighted by molar-refractivity contribution is 0.422. The first-order chi connectivity index (χ1) is 7.22. The van der Waals surface area contributed by atoms with E-state index >= 15 is 0 Å². The third-order valence-electron chi connectivity index (χ3n) is 3.32. The molecule has 0 aromatic heterocycles. The maximum Gasteiger partial charge on any atom is 0.0173 e. The minimum Gasteiger partial charge on any atom is -0.316 e. The summed E-state index contributed by atoms with van der Waals surface area (Å²) in [6.45, 7) is 6.11. The molecular formula is C14H19N. The molecule has 1 N–H and O–H groups in total. The maximum absolute atomic E-state index is 4.00.